The van der Waals surface area contributed by atoms with E-state index in [4.69, 9.17) is 5.73 Å². The third-order valence-corrected chi connectivity index (χ3v) is 4.24. The predicted molar refractivity (Wildman–Crippen MR) is 46.8 cm³/mol. The lowest BCUT2D eigenvalue weighted by atomic mass is 10.1. The Morgan fingerprint density at radius 2 is 2.15 bits per heavy atom. The quantitative estimate of drug-likeness (QED) is 0.561. The van der Waals surface area contributed by atoms with E-state index in [0.29, 0.717) is 6.42 Å². The minimum Gasteiger partial charge on any atom is -0.468 e. The van der Waals surface area contributed by atoms with Gasteiger partial charge >= 0.3 is 5.97 Å². The fraction of sp³-hybridized carbons (Fsp3) is 0.857. The first-order valence-corrected chi connectivity index (χ1v) is 5.74. The van der Waals surface area contributed by atoms with Crippen molar-refractivity contribution in [3.8, 4) is 0 Å². The molecule has 0 amide bonds. The van der Waals surface area contributed by atoms with Crippen LogP contribution in [-0.4, -0.2) is 38.5 Å². The van der Waals surface area contributed by atoms with Gasteiger partial charge in [-0.3, -0.25) is 4.79 Å². The predicted octanol–water partition coefficient (Wildman–Crippen LogP) is -0.936. The SMILES string of the molecule is COC(=O)C1CC(N)CCS1(=O)=O. The molecular weight excluding hydrogens is 194 g/mol. The highest BCUT2D eigenvalue weighted by Gasteiger charge is 2.38. The molecule has 0 radical (unpaired) electrons. The first-order chi connectivity index (χ1) is 5.97. The summed E-state index contributed by atoms with van der Waals surface area (Å²) in [5, 5.41) is -1.05. The summed E-state index contributed by atoms with van der Waals surface area (Å²) in [6, 6.07) is -0.215. The van der Waals surface area contributed by atoms with Crippen LogP contribution in [0.2, 0.25) is 0 Å². The largest absolute Gasteiger partial charge is 0.468 e. The Hall–Kier alpha value is -0.620. The Labute approximate surface area is 77.2 Å². The summed E-state index contributed by atoms with van der Waals surface area (Å²) >= 11 is 0. The van der Waals surface area contributed by atoms with E-state index < -0.39 is 21.1 Å². The number of methoxy groups -OCH3 is 1. The van der Waals surface area contributed by atoms with Gasteiger partial charge in [-0.15, -0.1) is 0 Å². The summed E-state index contributed by atoms with van der Waals surface area (Å²) in [6.45, 7) is 0. The van der Waals surface area contributed by atoms with Crippen LogP contribution in [0.1, 0.15) is 12.8 Å². The van der Waals surface area contributed by atoms with Crippen LogP contribution >= 0.6 is 0 Å². The standard InChI is InChI=1S/C7H13NO4S/c1-12-7(9)6-4-5(8)2-3-13(6,10)11/h5-6H,2-4,8H2,1H3. The van der Waals surface area contributed by atoms with Crippen molar-refractivity contribution in [3.05, 3.63) is 0 Å². The molecule has 0 saturated carbocycles. The zero-order valence-electron chi connectivity index (χ0n) is 7.39. The van der Waals surface area contributed by atoms with E-state index >= 15 is 0 Å². The van der Waals surface area contributed by atoms with Gasteiger partial charge in [-0.05, 0) is 12.8 Å². The fourth-order valence-electron chi connectivity index (χ4n) is 1.37. The Balaban J connectivity index is 2.85. The molecule has 0 aromatic carbocycles. The van der Waals surface area contributed by atoms with Gasteiger partial charge in [0, 0.05) is 6.04 Å². The molecule has 1 saturated heterocycles. The van der Waals surface area contributed by atoms with Crippen LogP contribution in [-0.2, 0) is 19.4 Å². The van der Waals surface area contributed by atoms with Crippen LogP contribution in [0.15, 0.2) is 0 Å². The van der Waals surface area contributed by atoms with Crippen LogP contribution in [0.3, 0.4) is 0 Å². The maximum Gasteiger partial charge on any atom is 0.324 e. The highest BCUT2D eigenvalue weighted by atomic mass is 32.2. The molecule has 0 aromatic rings. The third-order valence-electron chi connectivity index (χ3n) is 2.19. The van der Waals surface area contributed by atoms with Gasteiger partial charge in [0.05, 0.1) is 12.9 Å². The van der Waals surface area contributed by atoms with Gasteiger partial charge in [0.2, 0.25) is 0 Å². The van der Waals surface area contributed by atoms with E-state index in [9.17, 15) is 13.2 Å². The topological polar surface area (TPSA) is 86.5 Å². The monoisotopic (exact) mass is 207 g/mol. The minimum atomic E-state index is -3.32. The number of ether oxygens (including phenoxy) is 1. The number of hydrogen-bond donors (Lipinski definition) is 1. The number of hydrogen-bond acceptors (Lipinski definition) is 5. The van der Waals surface area contributed by atoms with Crippen LogP contribution in [0.5, 0.6) is 0 Å². The molecule has 0 spiro atoms. The van der Waals surface area contributed by atoms with Gasteiger partial charge < -0.3 is 10.5 Å². The lowest BCUT2D eigenvalue weighted by Crippen LogP contribution is -2.44. The van der Waals surface area contributed by atoms with Crippen molar-refractivity contribution in [1.82, 2.24) is 0 Å². The Bertz CT molecular complexity index is 298. The van der Waals surface area contributed by atoms with Crippen LogP contribution in [0.4, 0.5) is 0 Å². The molecule has 1 aliphatic rings. The molecule has 2 atom stereocenters. The lowest BCUT2D eigenvalue weighted by Gasteiger charge is -2.24. The lowest BCUT2D eigenvalue weighted by molar-refractivity contribution is -0.140. The molecule has 0 aromatic heterocycles. The second-order valence-corrected chi connectivity index (χ2v) is 5.47. The summed E-state index contributed by atoms with van der Waals surface area (Å²) in [7, 11) is -2.14. The van der Waals surface area contributed by atoms with Crippen LogP contribution in [0.25, 0.3) is 0 Å². The molecule has 0 bridgehead atoms. The number of nitrogens with two attached hydrogens (primary N) is 1. The highest BCUT2D eigenvalue weighted by Crippen LogP contribution is 2.19. The molecular formula is C7H13NO4S. The van der Waals surface area contributed by atoms with Gasteiger partial charge in [0.1, 0.15) is 0 Å². The molecule has 1 aliphatic heterocycles. The summed E-state index contributed by atoms with van der Waals surface area (Å²) in [6.07, 6.45) is 0.602. The molecule has 2 unspecified atom stereocenters. The molecule has 6 heteroatoms. The Morgan fingerprint density at radius 1 is 1.54 bits per heavy atom. The van der Waals surface area contributed by atoms with Crippen molar-refractivity contribution in [3.63, 3.8) is 0 Å². The second-order valence-electron chi connectivity index (χ2n) is 3.16. The van der Waals surface area contributed by atoms with Crippen molar-refractivity contribution in [1.29, 1.82) is 0 Å². The average Bonchev–Trinajstić information content (AvgIpc) is 2.08. The molecule has 1 rings (SSSR count). The number of esters is 1. The third kappa shape index (κ3) is 2.19. The summed E-state index contributed by atoms with van der Waals surface area (Å²) in [5.74, 6) is -0.719. The summed E-state index contributed by atoms with van der Waals surface area (Å²) < 4.78 is 27.1. The first-order valence-electron chi connectivity index (χ1n) is 4.02. The zero-order chi connectivity index (χ0) is 10.1. The van der Waals surface area contributed by atoms with E-state index in [1.165, 1.54) is 7.11 Å². The maximum atomic E-state index is 11.4. The number of carbonyl (C=O) groups excluding carboxylic acids is 1. The first kappa shape index (κ1) is 10.5. The second kappa shape index (κ2) is 3.63. The van der Waals surface area contributed by atoms with Gasteiger partial charge in [0.15, 0.2) is 15.1 Å². The van der Waals surface area contributed by atoms with Gasteiger partial charge in [-0.1, -0.05) is 0 Å². The van der Waals surface area contributed by atoms with Crippen molar-refractivity contribution >= 4 is 15.8 Å². The highest BCUT2D eigenvalue weighted by molar-refractivity contribution is 7.92. The molecule has 1 heterocycles. The molecule has 0 aliphatic carbocycles. The number of sulfone groups is 1. The Kier molecular flexibility index (Phi) is 2.92. The van der Waals surface area contributed by atoms with E-state index in [-0.39, 0.29) is 18.2 Å². The zero-order valence-corrected chi connectivity index (χ0v) is 8.21. The summed E-state index contributed by atoms with van der Waals surface area (Å²) in [5.41, 5.74) is 5.57. The van der Waals surface area contributed by atoms with E-state index in [1.54, 1.807) is 0 Å². The van der Waals surface area contributed by atoms with Gasteiger partial charge in [-0.25, -0.2) is 8.42 Å². The van der Waals surface area contributed by atoms with Gasteiger partial charge in [-0.2, -0.15) is 0 Å². The summed E-state index contributed by atoms with van der Waals surface area (Å²) in [4.78, 5) is 11.1. The molecule has 5 nitrogen and oxygen atoms in total. The van der Waals surface area contributed by atoms with E-state index in [0.717, 1.165) is 0 Å². The fourth-order valence-corrected chi connectivity index (χ4v) is 3.22. The molecule has 2 N–H and O–H groups in total. The van der Waals surface area contributed by atoms with Crippen LogP contribution in [0, 0.1) is 0 Å². The van der Waals surface area contributed by atoms with Crippen LogP contribution < -0.4 is 5.73 Å². The minimum absolute atomic E-state index is 0.0199. The van der Waals surface area contributed by atoms with E-state index in [2.05, 4.69) is 4.74 Å². The maximum absolute atomic E-state index is 11.4. The van der Waals surface area contributed by atoms with E-state index in [1.807, 2.05) is 0 Å². The van der Waals surface area contributed by atoms with Crippen molar-refractivity contribution in [2.24, 2.45) is 5.73 Å². The molecule has 13 heavy (non-hydrogen) atoms. The Morgan fingerprint density at radius 3 is 2.69 bits per heavy atom. The molecule has 1 fully saturated rings. The van der Waals surface area contributed by atoms with Crippen molar-refractivity contribution < 1.29 is 17.9 Å². The van der Waals surface area contributed by atoms with Crippen molar-refractivity contribution in [2.45, 2.75) is 24.1 Å². The average molecular weight is 207 g/mol. The number of carbonyl (C=O) groups is 1. The van der Waals surface area contributed by atoms with Crippen molar-refractivity contribution in [2.75, 3.05) is 12.9 Å². The normalized spacial score (nSPS) is 32.5. The smallest absolute Gasteiger partial charge is 0.324 e. The number of rotatable bonds is 1. The van der Waals surface area contributed by atoms with Gasteiger partial charge in [0.25, 0.3) is 0 Å². The molecule has 76 valence electrons.